The smallest absolute Gasteiger partial charge is 0.277 e. The van der Waals surface area contributed by atoms with Crippen molar-refractivity contribution in [3.8, 4) is 10.6 Å². The maximum absolute atomic E-state index is 13.2. The fourth-order valence-corrected chi connectivity index (χ4v) is 5.18. The largest absolute Gasteiger partial charge is 0.353 e. The minimum atomic E-state index is -0.193. The van der Waals surface area contributed by atoms with Crippen LogP contribution in [-0.4, -0.2) is 51.6 Å². The average Bonchev–Trinajstić information content (AvgIpc) is 3.31. The zero-order valence-corrected chi connectivity index (χ0v) is 19.2. The Morgan fingerprint density at radius 3 is 2.33 bits per heavy atom. The number of amides is 1. The van der Waals surface area contributed by atoms with E-state index < -0.39 is 0 Å². The number of hydrogen-bond acceptors (Lipinski definition) is 6. The zero-order chi connectivity index (χ0) is 22.8. The molecule has 2 aromatic carbocycles. The molecule has 1 fully saturated rings. The molecule has 0 aliphatic carbocycles. The van der Waals surface area contributed by atoms with Crippen LogP contribution in [0.25, 0.3) is 15.5 Å². The number of hydrogen-bond donors (Lipinski definition) is 0. The molecular weight excluding hydrogens is 434 g/mol. The Kier molecular flexibility index (Phi) is 5.92. The van der Waals surface area contributed by atoms with Crippen molar-refractivity contribution in [2.45, 2.75) is 19.3 Å². The molecule has 1 aliphatic rings. The average molecular weight is 460 g/mol. The lowest BCUT2D eigenvalue weighted by molar-refractivity contribution is -0.133. The third-order valence-corrected chi connectivity index (χ3v) is 7.03. The standard InChI is InChI=1S/C25H25N5O2S/c1-2-20(18-9-5-3-6-10-18)24(32)29-15-13-28(14-16-29)21-17-22(31)30-25(26-21)33-23(27-30)19-11-7-4-8-12-19/h3-12,17,20H,2,13-16H2,1H3. The van der Waals surface area contributed by atoms with E-state index in [4.69, 9.17) is 4.98 Å². The third kappa shape index (κ3) is 4.26. The van der Waals surface area contributed by atoms with E-state index in [1.54, 1.807) is 0 Å². The van der Waals surface area contributed by atoms with Crippen molar-refractivity contribution in [1.29, 1.82) is 0 Å². The molecule has 0 radical (unpaired) electrons. The van der Waals surface area contributed by atoms with Crippen molar-refractivity contribution in [2.75, 3.05) is 31.1 Å². The lowest BCUT2D eigenvalue weighted by Gasteiger charge is -2.37. The van der Waals surface area contributed by atoms with Gasteiger partial charge in [-0.2, -0.15) is 9.61 Å². The molecule has 1 atom stereocenters. The van der Waals surface area contributed by atoms with Crippen LogP contribution < -0.4 is 10.5 Å². The number of nitrogens with zero attached hydrogens (tertiary/aromatic N) is 5. The monoisotopic (exact) mass is 459 g/mol. The molecule has 7 nitrogen and oxygen atoms in total. The van der Waals surface area contributed by atoms with Crippen LogP contribution in [0.2, 0.25) is 0 Å². The molecule has 2 aromatic heterocycles. The molecule has 8 heteroatoms. The number of fused-ring (bicyclic) bond motifs is 1. The van der Waals surface area contributed by atoms with Gasteiger partial charge in [0.2, 0.25) is 10.9 Å². The van der Waals surface area contributed by atoms with Gasteiger partial charge in [0.25, 0.3) is 5.56 Å². The minimum absolute atomic E-state index is 0.120. The summed E-state index contributed by atoms with van der Waals surface area (Å²) in [5, 5.41) is 5.21. The van der Waals surface area contributed by atoms with Crippen molar-refractivity contribution in [3.63, 3.8) is 0 Å². The van der Waals surface area contributed by atoms with Crippen molar-refractivity contribution in [2.24, 2.45) is 0 Å². The van der Waals surface area contributed by atoms with Gasteiger partial charge in [0.1, 0.15) is 10.8 Å². The number of carbonyl (C=O) groups excluding carboxylic acids is 1. The number of rotatable bonds is 5. The van der Waals surface area contributed by atoms with Gasteiger partial charge in [-0.15, -0.1) is 0 Å². The molecule has 0 N–H and O–H groups in total. The number of piperazine rings is 1. The summed E-state index contributed by atoms with van der Waals surface area (Å²) in [5.74, 6) is 0.692. The molecule has 1 amide bonds. The molecule has 5 rings (SSSR count). The van der Waals surface area contributed by atoms with E-state index in [0.717, 1.165) is 22.6 Å². The molecule has 1 aliphatic heterocycles. The number of aromatic nitrogens is 3. The van der Waals surface area contributed by atoms with Crippen LogP contribution in [0.3, 0.4) is 0 Å². The van der Waals surface area contributed by atoms with E-state index in [1.165, 1.54) is 21.9 Å². The Bertz CT molecular complexity index is 1310. The Morgan fingerprint density at radius 2 is 1.67 bits per heavy atom. The molecule has 0 bridgehead atoms. The van der Waals surface area contributed by atoms with Crippen LogP contribution in [0.5, 0.6) is 0 Å². The number of anilines is 1. The summed E-state index contributed by atoms with van der Waals surface area (Å²) in [6.45, 7) is 4.56. The Balaban J connectivity index is 1.32. The zero-order valence-electron chi connectivity index (χ0n) is 18.4. The summed E-state index contributed by atoms with van der Waals surface area (Å²) in [4.78, 5) is 35.2. The topological polar surface area (TPSA) is 70.8 Å². The van der Waals surface area contributed by atoms with Crippen LogP contribution in [0.15, 0.2) is 71.5 Å². The fourth-order valence-electron chi connectivity index (χ4n) is 4.27. The van der Waals surface area contributed by atoms with Crippen LogP contribution in [0.4, 0.5) is 5.82 Å². The first-order valence-corrected chi connectivity index (χ1v) is 12.0. The van der Waals surface area contributed by atoms with Crippen molar-refractivity contribution < 1.29 is 4.79 Å². The Hall–Kier alpha value is -3.52. The van der Waals surface area contributed by atoms with Crippen LogP contribution in [0, 0.1) is 0 Å². The number of carbonyl (C=O) groups is 1. The Morgan fingerprint density at radius 1 is 1.00 bits per heavy atom. The van der Waals surface area contributed by atoms with E-state index in [-0.39, 0.29) is 17.4 Å². The molecule has 0 spiro atoms. The quantitative estimate of drug-likeness (QED) is 0.456. The molecule has 1 unspecified atom stereocenters. The summed E-state index contributed by atoms with van der Waals surface area (Å²) in [5.41, 5.74) is 1.83. The molecular formula is C25H25N5O2S. The lowest BCUT2D eigenvalue weighted by Crippen LogP contribution is -2.50. The van der Waals surface area contributed by atoms with Crippen LogP contribution in [0.1, 0.15) is 24.8 Å². The summed E-state index contributed by atoms with van der Waals surface area (Å²) >= 11 is 1.40. The first kappa shape index (κ1) is 21.3. The molecule has 3 heterocycles. The highest BCUT2D eigenvalue weighted by molar-refractivity contribution is 7.19. The van der Waals surface area contributed by atoms with Gasteiger partial charge < -0.3 is 9.80 Å². The molecule has 0 saturated carbocycles. The molecule has 33 heavy (non-hydrogen) atoms. The normalized spacial score (nSPS) is 15.1. The molecule has 168 valence electrons. The summed E-state index contributed by atoms with van der Waals surface area (Å²) in [7, 11) is 0. The fraction of sp³-hybridized carbons (Fsp3) is 0.280. The van der Waals surface area contributed by atoms with E-state index in [1.807, 2.05) is 65.6 Å². The second kappa shape index (κ2) is 9.15. The summed E-state index contributed by atoms with van der Waals surface area (Å²) in [6.07, 6.45) is 0.771. The maximum Gasteiger partial charge on any atom is 0.277 e. The van der Waals surface area contributed by atoms with E-state index >= 15 is 0 Å². The lowest BCUT2D eigenvalue weighted by atomic mass is 9.95. The van der Waals surface area contributed by atoms with Gasteiger partial charge in [-0.1, -0.05) is 78.9 Å². The predicted molar refractivity (Wildman–Crippen MR) is 131 cm³/mol. The van der Waals surface area contributed by atoms with E-state index in [0.29, 0.717) is 37.0 Å². The van der Waals surface area contributed by atoms with Gasteiger partial charge >= 0.3 is 0 Å². The highest BCUT2D eigenvalue weighted by atomic mass is 32.1. The van der Waals surface area contributed by atoms with E-state index in [9.17, 15) is 9.59 Å². The number of benzene rings is 2. The van der Waals surface area contributed by atoms with Gasteiger partial charge in [-0.25, -0.2) is 4.98 Å². The highest BCUT2D eigenvalue weighted by Gasteiger charge is 2.28. The van der Waals surface area contributed by atoms with Gasteiger partial charge in [0, 0.05) is 37.8 Å². The van der Waals surface area contributed by atoms with Gasteiger partial charge in [-0.05, 0) is 12.0 Å². The van der Waals surface area contributed by atoms with Crippen molar-refractivity contribution in [3.05, 3.63) is 82.6 Å². The first-order chi connectivity index (χ1) is 16.1. The highest BCUT2D eigenvalue weighted by Crippen LogP contribution is 2.26. The Labute approximate surface area is 195 Å². The second-order valence-electron chi connectivity index (χ2n) is 8.10. The van der Waals surface area contributed by atoms with Crippen molar-refractivity contribution >= 4 is 28.0 Å². The SMILES string of the molecule is CCC(C(=O)N1CCN(c2cc(=O)n3nc(-c4ccccc4)sc3n2)CC1)c1ccccc1. The second-order valence-corrected chi connectivity index (χ2v) is 9.06. The minimum Gasteiger partial charge on any atom is -0.353 e. The molecule has 4 aromatic rings. The molecule has 1 saturated heterocycles. The first-order valence-electron chi connectivity index (χ1n) is 11.2. The van der Waals surface area contributed by atoms with Crippen LogP contribution >= 0.6 is 11.3 Å². The van der Waals surface area contributed by atoms with E-state index in [2.05, 4.69) is 16.9 Å². The predicted octanol–water partition coefficient (Wildman–Crippen LogP) is 3.66. The van der Waals surface area contributed by atoms with Crippen LogP contribution in [-0.2, 0) is 4.79 Å². The van der Waals surface area contributed by atoms with Gasteiger partial charge in [0.15, 0.2) is 0 Å². The third-order valence-electron chi connectivity index (χ3n) is 6.08. The van der Waals surface area contributed by atoms with Gasteiger partial charge in [-0.3, -0.25) is 9.59 Å². The summed E-state index contributed by atoms with van der Waals surface area (Å²) in [6, 6.07) is 21.3. The van der Waals surface area contributed by atoms with Crippen molar-refractivity contribution in [1.82, 2.24) is 19.5 Å². The maximum atomic E-state index is 13.2. The summed E-state index contributed by atoms with van der Waals surface area (Å²) < 4.78 is 1.36. The van der Waals surface area contributed by atoms with Gasteiger partial charge in [0.05, 0.1) is 5.92 Å².